The van der Waals surface area contributed by atoms with Crippen molar-refractivity contribution in [2.45, 2.75) is 11.3 Å². The van der Waals surface area contributed by atoms with Gasteiger partial charge in [-0.25, -0.2) is 0 Å². The van der Waals surface area contributed by atoms with E-state index in [1.807, 2.05) is 24.3 Å². The number of thioether (sulfide) groups is 1. The Kier molecular flexibility index (Phi) is 4.79. The fraction of sp³-hybridized carbons (Fsp3) is 0.150. The molecule has 0 radical (unpaired) electrons. The first-order chi connectivity index (χ1) is 13.6. The van der Waals surface area contributed by atoms with E-state index in [-0.39, 0.29) is 11.3 Å². The third-order valence-electron chi connectivity index (χ3n) is 4.44. The van der Waals surface area contributed by atoms with Gasteiger partial charge in [0.25, 0.3) is 6.17 Å². The number of benzene rings is 2. The average molecular weight is 395 g/mol. The molecule has 1 aromatic heterocycles. The van der Waals surface area contributed by atoms with Gasteiger partial charge >= 0.3 is 11.3 Å². The third-order valence-corrected chi connectivity index (χ3v) is 5.30. The number of para-hydroxylation sites is 1. The summed E-state index contributed by atoms with van der Waals surface area (Å²) in [6.45, 7) is 3.71. The summed E-state index contributed by atoms with van der Waals surface area (Å²) < 4.78 is 6.92. The summed E-state index contributed by atoms with van der Waals surface area (Å²) in [7, 11) is 1.50. The number of nitrogens with one attached hydrogen (secondary N) is 2. The lowest BCUT2D eigenvalue weighted by Crippen LogP contribution is -2.55. The van der Waals surface area contributed by atoms with Crippen molar-refractivity contribution in [2.24, 2.45) is 0 Å². The Labute approximate surface area is 165 Å². The van der Waals surface area contributed by atoms with Gasteiger partial charge in [0, 0.05) is 16.4 Å². The highest BCUT2D eigenvalue weighted by Gasteiger charge is 2.37. The van der Waals surface area contributed by atoms with Crippen LogP contribution in [0.25, 0.3) is 11.3 Å². The molecule has 0 saturated heterocycles. The number of aromatic hydroxyl groups is 1. The second-order valence-electron chi connectivity index (χ2n) is 6.18. The van der Waals surface area contributed by atoms with E-state index in [9.17, 15) is 9.90 Å². The molecular formula is C20H19N4O3S+. The van der Waals surface area contributed by atoms with E-state index in [0.717, 1.165) is 16.8 Å². The molecule has 3 aromatic rings. The smallest absolute Gasteiger partial charge is 0.325 e. The molecule has 0 unspecified atom stereocenters. The van der Waals surface area contributed by atoms with Crippen molar-refractivity contribution in [3.8, 4) is 22.8 Å². The monoisotopic (exact) mass is 395 g/mol. The van der Waals surface area contributed by atoms with Gasteiger partial charge in [-0.1, -0.05) is 30.0 Å². The van der Waals surface area contributed by atoms with E-state index in [2.05, 4.69) is 22.0 Å². The number of phenols is 1. The summed E-state index contributed by atoms with van der Waals surface area (Å²) in [5, 5.41) is 18.5. The predicted molar refractivity (Wildman–Crippen MR) is 108 cm³/mol. The van der Waals surface area contributed by atoms with Crippen LogP contribution < -0.4 is 20.3 Å². The van der Waals surface area contributed by atoms with Crippen LogP contribution in [0.5, 0.6) is 11.5 Å². The van der Waals surface area contributed by atoms with E-state index >= 15 is 0 Å². The van der Waals surface area contributed by atoms with Crippen LogP contribution in [0.3, 0.4) is 0 Å². The minimum atomic E-state index is -0.440. The number of methoxy groups -OCH3 is 1. The molecule has 28 heavy (non-hydrogen) atoms. The number of anilines is 1. The van der Waals surface area contributed by atoms with E-state index in [1.54, 1.807) is 29.0 Å². The summed E-state index contributed by atoms with van der Waals surface area (Å²) in [6, 6.07) is 12.7. The van der Waals surface area contributed by atoms with Crippen LogP contribution in [0.4, 0.5) is 5.69 Å². The maximum Gasteiger partial charge on any atom is 0.325 e. The number of aromatic amines is 1. The topological polar surface area (TPSA) is 91.1 Å². The number of hydrogen-bond donors (Lipinski definition) is 3. The molecule has 1 aliphatic rings. The van der Waals surface area contributed by atoms with Crippen molar-refractivity contribution in [3.63, 3.8) is 0 Å². The number of hydrogen-bond acceptors (Lipinski definition) is 6. The molecule has 1 atom stereocenters. The molecule has 7 nitrogen and oxygen atoms in total. The molecule has 1 aliphatic heterocycles. The molecule has 142 valence electrons. The maximum atomic E-state index is 12.9. The molecule has 4 rings (SSSR count). The van der Waals surface area contributed by atoms with Gasteiger partial charge in [0.05, 0.1) is 18.4 Å². The molecule has 8 heteroatoms. The minimum Gasteiger partial charge on any atom is -0.504 e. The largest absolute Gasteiger partial charge is 0.504 e. The highest BCUT2D eigenvalue weighted by atomic mass is 32.2. The van der Waals surface area contributed by atoms with Gasteiger partial charge in [0.15, 0.2) is 11.5 Å². The van der Waals surface area contributed by atoms with Crippen LogP contribution in [0.2, 0.25) is 0 Å². The van der Waals surface area contributed by atoms with Crippen LogP contribution in [0.15, 0.2) is 65.1 Å². The Morgan fingerprint density at radius 2 is 2.18 bits per heavy atom. The van der Waals surface area contributed by atoms with Crippen molar-refractivity contribution in [2.75, 3.05) is 18.2 Å². The van der Waals surface area contributed by atoms with Gasteiger partial charge in [-0.05, 0) is 35.0 Å². The average Bonchev–Trinajstić information content (AvgIpc) is 2.71. The van der Waals surface area contributed by atoms with E-state index in [0.29, 0.717) is 22.4 Å². The molecule has 0 spiro atoms. The Bertz CT molecular complexity index is 1110. The van der Waals surface area contributed by atoms with Crippen LogP contribution in [0, 0.1) is 0 Å². The normalized spacial score (nSPS) is 14.5. The summed E-state index contributed by atoms with van der Waals surface area (Å²) in [6.07, 6.45) is 1.31. The van der Waals surface area contributed by atoms with Crippen molar-refractivity contribution in [1.29, 1.82) is 0 Å². The second-order valence-corrected chi connectivity index (χ2v) is 7.18. The van der Waals surface area contributed by atoms with Crippen LogP contribution in [-0.2, 0) is 0 Å². The number of rotatable bonds is 5. The van der Waals surface area contributed by atoms with Crippen LogP contribution >= 0.6 is 11.8 Å². The molecule has 0 aliphatic carbocycles. The summed E-state index contributed by atoms with van der Waals surface area (Å²) in [4.78, 5) is 15.8. The van der Waals surface area contributed by atoms with Gasteiger partial charge in [0.1, 0.15) is 0 Å². The Morgan fingerprint density at radius 3 is 2.96 bits per heavy atom. The molecule has 0 bridgehead atoms. The lowest BCUT2D eigenvalue weighted by Gasteiger charge is -2.22. The Morgan fingerprint density at radius 1 is 1.36 bits per heavy atom. The molecule has 0 amide bonds. The summed E-state index contributed by atoms with van der Waals surface area (Å²) in [5.74, 6) is 1.03. The number of ether oxygens (including phenoxy) is 1. The van der Waals surface area contributed by atoms with Crippen molar-refractivity contribution < 1.29 is 14.5 Å². The number of nitrogens with zero attached hydrogens (tertiary/aromatic N) is 2. The molecule has 3 N–H and O–H groups in total. The molecule has 0 saturated carbocycles. The van der Waals surface area contributed by atoms with Gasteiger partial charge in [-0.15, -0.1) is 6.58 Å². The fourth-order valence-electron chi connectivity index (χ4n) is 3.18. The number of fused-ring (bicyclic) bond motifs is 3. The lowest BCUT2D eigenvalue weighted by molar-refractivity contribution is -0.759. The van der Waals surface area contributed by atoms with Gasteiger partial charge in [-0.2, -0.15) is 0 Å². The summed E-state index contributed by atoms with van der Waals surface area (Å²) >= 11 is 1.40. The number of H-pyrrole nitrogens is 1. The second kappa shape index (κ2) is 7.40. The highest BCUT2D eigenvalue weighted by molar-refractivity contribution is 7.99. The maximum absolute atomic E-state index is 12.9. The quantitative estimate of drug-likeness (QED) is 0.350. The Balaban J connectivity index is 1.92. The van der Waals surface area contributed by atoms with Crippen LogP contribution in [0.1, 0.15) is 11.7 Å². The van der Waals surface area contributed by atoms with E-state index in [4.69, 9.17) is 4.74 Å². The number of phenolic OH excluding ortho intramolecular Hbond substituents is 1. The zero-order valence-corrected chi connectivity index (χ0v) is 16.0. The van der Waals surface area contributed by atoms with Crippen molar-refractivity contribution in [3.05, 3.63) is 71.0 Å². The predicted octanol–water partition coefficient (Wildman–Crippen LogP) is 2.69. The molecule has 2 heterocycles. The van der Waals surface area contributed by atoms with Gasteiger partial charge in [0.2, 0.25) is 5.16 Å². The van der Waals surface area contributed by atoms with Crippen molar-refractivity contribution >= 4 is 17.4 Å². The Hall–Kier alpha value is -3.26. The minimum absolute atomic E-state index is 0.0498. The SMILES string of the molecule is C=CCSc1n[n+]2c(c(=O)[nH]1)-c1ccccc1N[C@@H]2c1ccc(O)c(OC)c1. The zero-order valence-electron chi connectivity index (χ0n) is 15.2. The molecular weight excluding hydrogens is 376 g/mol. The number of aromatic nitrogens is 3. The van der Waals surface area contributed by atoms with Gasteiger partial charge < -0.3 is 15.2 Å². The molecule has 2 aromatic carbocycles. The van der Waals surface area contributed by atoms with Gasteiger partial charge in [-0.3, -0.25) is 9.78 Å². The first-order valence-corrected chi connectivity index (χ1v) is 9.63. The fourth-order valence-corrected chi connectivity index (χ4v) is 3.77. The third kappa shape index (κ3) is 3.11. The van der Waals surface area contributed by atoms with E-state index < -0.39 is 6.17 Å². The first-order valence-electron chi connectivity index (χ1n) is 8.65. The lowest BCUT2D eigenvalue weighted by atomic mass is 10.0. The summed E-state index contributed by atoms with van der Waals surface area (Å²) in [5.41, 5.74) is 2.66. The standard InChI is InChI=1S/C20H18N4O3S/c1-3-10-28-20-22-19(26)17-13-6-4-5-7-14(13)21-18(24(17)23-20)12-8-9-15(25)16(11-12)27-2/h3-9,11,18H,1,10H2,2H3,(H2,22,23,25,26)/p+1/t18-/m0/s1. The first kappa shape index (κ1) is 18.1. The van der Waals surface area contributed by atoms with Crippen LogP contribution in [-0.4, -0.2) is 28.1 Å². The highest BCUT2D eigenvalue weighted by Crippen LogP contribution is 2.34. The van der Waals surface area contributed by atoms with E-state index in [1.165, 1.54) is 18.9 Å². The zero-order chi connectivity index (χ0) is 19.7. The molecule has 0 fully saturated rings. The van der Waals surface area contributed by atoms with Crippen molar-refractivity contribution in [1.82, 2.24) is 10.1 Å².